The largest absolute Gasteiger partial charge is 0.498 e. The molecule has 264 valence electrons. The van der Waals surface area contributed by atoms with Crippen molar-refractivity contribution in [2.75, 3.05) is 31.6 Å². The molecule has 50 heavy (non-hydrogen) atoms. The minimum absolute atomic E-state index is 0.0523. The molecule has 1 aromatic carbocycles. The molecule has 0 bridgehead atoms. The second-order valence-electron chi connectivity index (χ2n) is 16.0. The Morgan fingerprint density at radius 3 is 2.12 bits per heavy atom. The minimum Gasteiger partial charge on any atom is -0.498 e. The predicted molar refractivity (Wildman–Crippen MR) is 211 cm³/mol. The Morgan fingerprint density at radius 1 is 0.940 bits per heavy atom. The Balaban J connectivity index is 1.61. The molecule has 0 N–H and O–H groups in total. The standard InChI is InChI=1S/C38H53BN6O3Si2/c1-29(2)35-36(31-16-18-39(19-17-31)48-26-40)43-37-33(32-14-15-34(41-24-32)30-12-10-9-11-13-30)25-42-45(37)38(35)44(27-46-20-22-49(3,4)5)28-47-21-23-50(6,7)8/h9-15,24-25,31H,1,16-23,27-28H2,2-8H3. The zero-order valence-electron chi connectivity index (χ0n) is 31.0. The molecule has 3 aromatic heterocycles. The van der Waals surface area contributed by atoms with E-state index in [-0.39, 0.29) is 12.8 Å². The maximum atomic E-state index is 9.16. The van der Waals surface area contributed by atoms with Gasteiger partial charge >= 0.3 is 6.92 Å². The zero-order valence-corrected chi connectivity index (χ0v) is 33.0. The van der Waals surface area contributed by atoms with Crippen LogP contribution in [0.5, 0.6) is 0 Å². The molecule has 0 spiro atoms. The van der Waals surface area contributed by atoms with Crippen LogP contribution in [0, 0.1) is 11.5 Å². The van der Waals surface area contributed by atoms with Gasteiger partial charge in [-0.15, -0.1) is 0 Å². The summed E-state index contributed by atoms with van der Waals surface area (Å²) in [7, 11) is -2.57. The van der Waals surface area contributed by atoms with Crippen molar-refractivity contribution in [1.29, 1.82) is 5.26 Å². The van der Waals surface area contributed by atoms with Gasteiger partial charge in [-0.25, -0.2) is 4.98 Å². The third-order valence-corrected chi connectivity index (χ3v) is 12.7. The maximum Gasteiger partial charge on any atom is 0.373 e. The molecule has 0 radical (unpaired) electrons. The summed E-state index contributed by atoms with van der Waals surface area (Å²) in [6.07, 6.45) is 9.04. The van der Waals surface area contributed by atoms with Crippen molar-refractivity contribution < 1.29 is 14.1 Å². The number of ether oxygens (including phenoxy) is 2. The van der Waals surface area contributed by atoms with Crippen LogP contribution in [-0.4, -0.2) is 69.3 Å². The molecule has 1 saturated heterocycles. The SMILES string of the molecule is C=C(C)c1c(C2CCB(OC#N)CC2)nc2c(-c3ccc(-c4ccccc4)nc3)cnn2c1N(COCC[Si](C)(C)C)COCC[Si](C)(C)C. The van der Waals surface area contributed by atoms with E-state index in [0.717, 1.165) is 88.2 Å². The number of nitriles is 1. The highest BCUT2D eigenvalue weighted by molar-refractivity contribution is 6.76. The van der Waals surface area contributed by atoms with E-state index in [9.17, 15) is 0 Å². The molecule has 12 heteroatoms. The fourth-order valence-corrected chi connectivity index (χ4v) is 7.84. The third kappa shape index (κ3) is 9.72. The molecule has 0 saturated carbocycles. The fourth-order valence-electron chi connectivity index (χ4n) is 6.32. The lowest BCUT2D eigenvalue weighted by atomic mass is 9.53. The van der Waals surface area contributed by atoms with Gasteiger partial charge < -0.3 is 19.0 Å². The van der Waals surface area contributed by atoms with E-state index < -0.39 is 16.1 Å². The summed E-state index contributed by atoms with van der Waals surface area (Å²) in [6.45, 7) is 22.8. The van der Waals surface area contributed by atoms with E-state index >= 15 is 0 Å². The molecule has 1 aliphatic rings. The molecule has 4 heterocycles. The van der Waals surface area contributed by atoms with Crippen molar-refractivity contribution >= 4 is 40.1 Å². The summed E-state index contributed by atoms with van der Waals surface area (Å²) >= 11 is 0. The van der Waals surface area contributed by atoms with Gasteiger partial charge in [0.2, 0.25) is 0 Å². The lowest BCUT2D eigenvalue weighted by Crippen LogP contribution is -2.34. The Bertz CT molecular complexity index is 1750. The van der Waals surface area contributed by atoms with Gasteiger partial charge in [-0.2, -0.15) is 14.9 Å². The van der Waals surface area contributed by atoms with Gasteiger partial charge in [-0.3, -0.25) is 4.98 Å². The normalized spacial score (nSPS) is 14.2. The molecule has 0 aliphatic carbocycles. The summed E-state index contributed by atoms with van der Waals surface area (Å²) < 4.78 is 20.1. The smallest absolute Gasteiger partial charge is 0.373 e. The molecule has 0 atom stereocenters. The number of nitrogens with zero attached hydrogens (tertiary/aromatic N) is 6. The van der Waals surface area contributed by atoms with Crippen molar-refractivity contribution in [1.82, 2.24) is 19.6 Å². The highest BCUT2D eigenvalue weighted by Gasteiger charge is 2.33. The zero-order chi connectivity index (χ0) is 35.9. The van der Waals surface area contributed by atoms with Crippen molar-refractivity contribution in [2.24, 2.45) is 0 Å². The van der Waals surface area contributed by atoms with Crippen LogP contribution in [0.25, 0.3) is 33.6 Å². The third-order valence-electron chi connectivity index (χ3n) is 9.29. The van der Waals surface area contributed by atoms with Crippen LogP contribution in [0.2, 0.25) is 64.0 Å². The quantitative estimate of drug-likeness (QED) is 0.0492. The molecule has 0 amide bonds. The fraction of sp³-hybridized carbons (Fsp3) is 0.474. The van der Waals surface area contributed by atoms with Gasteiger partial charge in [-0.1, -0.05) is 82.3 Å². The molecular weight excluding hydrogens is 655 g/mol. The van der Waals surface area contributed by atoms with Crippen LogP contribution >= 0.6 is 0 Å². The predicted octanol–water partition coefficient (Wildman–Crippen LogP) is 9.29. The second-order valence-corrected chi connectivity index (χ2v) is 27.2. The number of anilines is 1. The topological polar surface area (TPSA) is 97.8 Å². The molecule has 4 aromatic rings. The van der Waals surface area contributed by atoms with Crippen molar-refractivity contribution in [3.63, 3.8) is 0 Å². The van der Waals surface area contributed by atoms with Gasteiger partial charge in [0, 0.05) is 63.7 Å². The van der Waals surface area contributed by atoms with Crippen molar-refractivity contribution in [3.05, 3.63) is 72.7 Å². The summed E-state index contributed by atoms with van der Waals surface area (Å²) in [5.74, 6) is 1.06. The van der Waals surface area contributed by atoms with Gasteiger partial charge in [0.05, 0.1) is 17.6 Å². The Labute approximate surface area is 300 Å². The molecule has 0 unspecified atom stereocenters. The average Bonchev–Trinajstić information content (AvgIpc) is 3.51. The van der Waals surface area contributed by atoms with E-state index in [4.69, 9.17) is 34.5 Å². The van der Waals surface area contributed by atoms with E-state index in [1.165, 1.54) is 0 Å². The summed E-state index contributed by atoms with van der Waals surface area (Å²) in [6, 6.07) is 16.5. The first-order valence-corrected chi connectivity index (χ1v) is 25.3. The highest BCUT2D eigenvalue weighted by atomic mass is 28.3. The Morgan fingerprint density at radius 2 is 1.58 bits per heavy atom. The maximum absolute atomic E-state index is 9.16. The van der Waals surface area contributed by atoms with Crippen LogP contribution in [0.15, 0.2) is 61.4 Å². The summed E-state index contributed by atoms with van der Waals surface area (Å²) in [4.78, 5) is 12.4. The van der Waals surface area contributed by atoms with Crippen LogP contribution < -0.4 is 4.90 Å². The first-order valence-electron chi connectivity index (χ1n) is 17.9. The van der Waals surface area contributed by atoms with Gasteiger partial charge in [0.25, 0.3) is 6.26 Å². The van der Waals surface area contributed by atoms with Crippen molar-refractivity contribution in [2.45, 2.75) is 89.7 Å². The Kier molecular flexibility index (Phi) is 12.4. The number of rotatable bonds is 16. The first kappa shape index (κ1) is 37.5. The second kappa shape index (κ2) is 16.5. The van der Waals surface area contributed by atoms with E-state index in [0.29, 0.717) is 26.7 Å². The van der Waals surface area contributed by atoms with Crippen LogP contribution in [0.1, 0.15) is 36.9 Å². The van der Waals surface area contributed by atoms with Crippen LogP contribution in [-0.2, 0) is 14.1 Å². The van der Waals surface area contributed by atoms with Crippen LogP contribution in [0.3, 0.4) is 0 Å². The summed E-state index contributed by atoms with van der Waals surface area (Å²) in [5, 5.41) is 14.1. The molecular formula is C38H53BN6O3Si2. The van der Waals surface area contributed by atoms with E-state index in [1.807, 2.05) is 48.3 Å². The molecule has 9 nitrogen and oxygen atoms in total. The monoisotopic (exact) mass is 708 g/mol. The Hall–Kier alpha value is -3.76. The average molecular weight is 709 g/mol. The number of hydrogen-bond acceptors (Lipinski definition) is 8. The lowest BCUT2D eigenvalue weighted by molar-refractivity contribution is 0.0942. The highest BCUT2D eigenvalue weighted by Crippen LogP contribution is 2.41. The molecule has 1 fully saturated rings. The van der Waals surface area contributed by atoms with Gasteiger partial charge in [0.15, 0.2) is 5.65 Å². The van der Waals surface area contributed by atoms with E-state index in [1.54, 1.807) is 0 Å². The van der Waals surface area contributed by atoms with Gasteiger partial charge in [-0.05, 0) is 56.1 Å². The van der Waals surface area contributed by atoms with Crippen molar-refractivity contribution in [3.8, 4) is 28.6 Å². The van der Waals surface area contributed by atoms with Gasteiger partial charge in [0.1, 0.15) is 19.3 Å². The summed E-state index contributed by atoms with van der Waals surface area (Å²) in [5.41, 5.74) is 7.51. The first-order chi connectivity index (χ1) is 23.8. The number of benzene rings is 1. The number of allylic oxidation sites excluding steroid dienone is 1. The number of hydrogen-bond donors (Lipinski definition) is 0. The number of fused-ring (bicyclic) bond motifs is 1. The lowest BCUT2D eigenvalue weighted by Gasteiger charge is -2.31. The number of pyridine rings is 1. The van der Waals surface area contributed by atoms with Crippen LogP contribution in [0.4, 0.5) is 5.82 Å². The number of aromatic nitrogens is 4. The van der Waals surface area contributed by atoms with E-state index in [2.05, 4.69) is 75.0 Å². The minimum atomic E-state index is -1.28. The molecule has 1 aliphatic heterocycles. The molecule has 5 rings (SSSR count).